The highest BCUT2D eigenvalue weighted by molar-refractivity contribution is 6.06. The number of ether oxygens (including phenoxy) is 1. The summed E-state index contributed by atoms with van der Waals surface area (Å²) >= 11 is 0. The third-order valence-corrected chi connectivity index (χ3v) is 4.99. The molecule has 28 heavy (non-hydrogen) atoms. The van der Waals surface area contributed by atoms with Crippen LogP contribution in [0.2, 0.25) is 0 Å². The molecule has 2 heterocycles. The minimum Gasteiger partial charge on any atom is -0.479 e. The van der Waals surface area contributed by atoms with Crippen molar-refractivity contribution in [3.63, 3.8) is 0 Å². The summed E-state index contributed by atoms with van der Waals surface area (Å²) in [7, 11) is 0. The van der Waals surface area contributed by atoms with Gasteiger partial charge in [-0.05, 0) is 50.1 Å². The number of hydrogen-bond acceptors (Lipinski definition) is 5. The molecule has 0 spiro atoms. The zero-order chi connectivity index (χ0) is 19.3. The van der Waals surface area contributed by atoms with Crippen molar-refractivity contribution in [1.82, 2.24) is 4.98 Å². The summed E-state index contributed by atoms with van der Waals surface area (Å²) in [6, 6.07) is 12.6. The lowest BCUT2D eigenvalue weighted by Gasteiger charge is -2.32. The van der Waals surface area contributed by atoms with Gasteiger partial charge in [-0.3, -0.25) is 14.5 Å². The first-order chi connectivity index (χ1) is 13.6. The lowest BCUT2D eigenvalue weighted by molar-refractivity contribution is -0.127. The van der Waals surface area contributed by atoms with Crippen molar-refractivity contribution < 1.29 is 18.7 Å². The van der Waals surface area contributed by atoms with Gasteiger partial charge in [0.1, 0.15) is 17.8 Å². The molecular formula is C21H19N3O4. The number of aromatic nitrogens is 1. The minimum absolute atomic E-state index is 0.0896. The Kier molecular flexibility index (Phi) is 3.82. The quantitative estimate of drug-likeness (QED) is 0.753. The van der Waals surface area contributed by atoms with Gasteiger partial charge in [0.25, 0.3) is 5.91 Å². The van der Waals surface area contributed by atoms with E-state index in [1.165, 1.54) is 4.90 Å². The van der Waals surface area contributed by atoms with Crippen LogP contribution in [0.5, 0.6) is 5.75 Å². The number of rotatable bonds is 4. The Hall–Kier alpha value is -3.35. The molecular weight excluding hydrogens is 358 g/mol. The molecule has 1 unspecified atom stereocenters. The highest BCUT2D eigenvalue weighted by Gasteiger charge is 2.32. The lowest BCUT2D eigenvalue weighted by Crippen LogP contribution is -2.47. The van der Waals surface area contributed by atoms with E-state index >= 15 is 0 Å². The van der Waals surface area contributed by atoms with Gasteiger partial charge in [-0.15, -0.1) is 0 Å². The number of carbonyl (C=O) groups is 2. The van der Waals surface area contributed by atoms with Crippen LogP contribution in [-0.2, 0) is 9.59 Å². The van der Waals surface area contributed by atoms with Gasteiger partial charge in [0, 0.05) is 11.6 Å². The lowest BCUT2D eigenvalue weighted by atomic mass is 10.2. The van der Waals surface area contributed by atoms with Gasteiger partial charge >= 0.3 is 0 Å². The van der Waals surface area contributed by atoms with E-state index in [0.29, 0.717) is 28.6 Å². The molecule has 2 aliphatic rings. The topological polar surface area (TPSA) is 84.7 Å². The number of hydrogen-bond donors (Lipinski definition) is 1. The van der Waals surface area contributed by atoms with Crippen molar-refractivity contribution in [2.75, 3.05) is 16.8 Å². The fourth-order valence-corrected chi connectivity index (χ4v) is 3.39. The van der Waals surface area contributed by atoms with Crippen LogP contribution < -0.4 is 15.0 Å². The van der Waals surface area contributed by atoms with Crippen molar-refractivity contribution in [3.8, 4) is 5.75 Å². The third-order valence-electron chi connectivity index (χ3n) is 4.99. The number of benzene rings is 2. The number of carbonyl (C=O) groups excluding carboxylic acids is 2. The largest absolute Gasteiger partial charge is 0.479 e. The average molecular weight is 377 g/mol. The molecule has 2 aromatic carbocycles. The van der Waals surface area contributed by atoms with Crippen LogP contribution >= 0.6 is 0 Å². The Labute approximate surface area is 161 Å². The number of para-hydroxylation sites is 2. The predicted octanol–water partition coefficient (Wildman–Crippen LogP) is 3.46. The molecule has 2 amide bonds. The average Bonchev–Trinajstić information content (AvgIpc) is 3.45. The van der Waals surface area contributed by atoms with Crippen molar-refractivity contribution in [2.45, 2.75) is 31.8 Å². The highest BCUT2D eigenvalue weighted by atomic mass is 16.5. The summed E-state index contributed by atoms with van der Waals surface area (Å²) in [6.07, 6.45) is 1.60. The molecule has 1 aromatic heterocycles. The molecule has 0 radical (unpaired) electrons. The fraction of sp³-hybridized carbons (Fsp3) is 0.286. The van der Waals surface area contributed by atoms with Crippen LogP contribution in [-0.4, -0.2) is 29.4 Å². The first-order valence-corrected chi connectivity index (χ1v) is 9.36. The van der Waals surface area contributed by atoms with Crippen molar-refractivity contribution in [1.29, 1.82) is 0 Å². The second-order valence-corrected chi connectivity index (χ2v) is 7.21. The van der Waals surface area contributed by atoms with Gasteiger partial charge in [0.05, 0.1) is 5.69 Å². The van der Waals surface area contributed by atoms with E-state index in [0.717, 1.165) is 24.2 Å². The van der Waals surface area contributed by atoms with E-state index in [9.17, 15) is 9.59 Å². The second-order valence-electron chi connectivity index (χ2n) is 7.21. The molecule has 7 heteroatoms. The van der Waals surface area contributed by atoms with Crippen LogP contribution in [0.15, 0.2) is 46.9 Å². The van der Waals surface area contributed by atoms with Crippen LogP contribution in [0.25, 0.3) is 11.1 Å². The fourth-order valence-electron chi connectivity index (χ4n) is 3.39. The van der Waals surface area contributed by atoms with Gasteiger partial charge in [0.2, 0.25) is 5.91 Å². The molecule has 5 rings (SSSR count). The molecule has 1 aliphatic carbocycles. The number of amides is 2. The summed E-state index contributed by atoms with van der Waals surface area (Å²) in [4.78, 5) is 31.1. The number of nitrogens with zero attached hydrogens (tertiary/aromatic N) is 2. The second kappa shape index (κ2) is 6.37. The summed E-state index contributed by atoms with van der Waals surface area (Å²) in [5.41, 5.74) is 2.66. The SMILES string of the molecule is CC1Oc2ccccc2N(CC(=O)Nc2ccc3oc(C4CC4)nc3c2)C1=O. The van der Waals surface area contributed by atoms with Crippen LogP contribution in [0.3, 0.4) is 0 Å². The van der Waals surface area contributed by atoms with Crippen LogP contribution in [0.4, 0.5) is 11.4 Å². The van der Waals surface area contributed by atoms with Crippen LogP contribution in [0, 0.1) is 0 Å². The van der Waals surface area contributed by atoms with Crippen LogP contribution in [0.1, 0.15) is 31.6 Å². The van der Waals surface area contributed by atoms with Gasteiger partial charge in [-0.25, -0.2) is 4.98 Å². The number of nitrogens with one attached hydrogen (secondary N) is 1. The van der Waals surface area contributed by atoms with E-state index in [-0.39, 0.29) is 18.4 Å². The van der Waals surface area contributed by atoms with E-state index < -0.39 is 6.10 Å². The van der Waals surface area contributed by atoms with Crippen molar-refractivity contribution in [3.05, 3.63) is 48.4 Å². The van der Waals surface area contributed by atoms with Gasteiger partial charge < -0.3 is 14.5 Å². The Bertz CT molecular complexity index is 1090. The highest BCUT2D eigenvalue weighted by Crippen LogP contribution is 2.40. The molecule has 0 bridgehead atoms. The summed E-state index contributed by atoms with van der Waals surface area (Å²) in [6.45, 7) is 1.59. The molecule has 1 fully saturated rings. The van der Waals surface area contributed by atoms with E-state index in [2.05, 4.69) is 10.3 Å². The van der Waals surface area contributed by atoms with E-state index in [1.54, 1.807) is 37.3 Å². The Balaban J connectivity index is 1.34. The molecule has 7 nitrogen and oxygen atoms in total. The maximum absolute atomic E-state index is 12.6. The predicted molar refractivity (Wildman–Crippen MR) is 103 cm³/mol. The zero-order valence-corrected chi connectivity index (χ0v) is 15.3. The minimum atomic E-state index is -0.630. The van der Waals surface area contributed by atoms with Crippen molar-refractivity contribution in [2.24, 2.45) is 0 Å². The molecule has 1 aliphatic heterocycles. The maximum atomic E-state index is 12.6. The van der Waals surface area contributed by atoms with Gasteiger partial charge in [0.15, 0.2) is 17.6 Å². The summed E-state index contributed by atoms with van der Waals surface area (Å²) in [5, 5.41) is 2.85. The Morgan fingerprint density at radius 1 is 1.25 bits per heavy atom. The molecule has 1 atom stereocenters. The number of anilines is 2. The van der Waals surface area contributed by atoms with Gasteiger partial charge in [-0.2, -0.15) is 0 Å². The maximum Gasteiger partial charge on any atom is 0.268 e. The van der Waals surface area contributed by atoms with Gasteiger partial charge in [-0.1, -0.05) is 12.1 Å². The zero-order valence-electron chi connectivity index (χ0n) is 15.3. The Morgan fingerprint density at radius 3 is 2.89 bits per heavy atom. The van der Waals surface area contributed by atoms with E-state index in [4.69, 9.17) is 9.15 Å². The first kappa shape index (κ1) is 16.8. The molecule has 0 saturated heterocycles. The summed E-state index contributed by atoms with van der Waals surface area (Å²) in [5.74, 6) is 1.26. The molecule has 3 aromatic rings. The first-order valence-electron chi connectivity index (χ1n) is 9.36. The monoisotopic (exact) mass is 377 g/mol. The molecule has 142 valence electrons. The van der Waals surface area contributed by atoms with E-state index in [1.807, 2.05) is 12.1 Å². The van der Waals surface area contributed by atoms with Crippen molar-refractivity contribution >= 4 is 34.3 Å². The number of oxazole rings is 1. The molecule has 1 saturated carbocycles. The number of fused-ring (bicyclic) bond motifs is 2. The standard InChI is InChI=1S/C21H19N3O4/c1-12-21(26)24(16-4-2-3-5-18(16)27-12)11-19(25)22-14-8-9-17-15(10-14)23-20(28-17)13-6-7-13/h2-5,8-10,12-13H,6-7,11H2,1H3,(H,22,25). The normalized spacial score (nSPS) is 18.7. The summed E-state index contributed by atoms with van der Waals surface area (Å²) < 4.78 is 11.4. The smallest absolute Gasteiger partial charge is 0.268 e. The molecule has 1 N–H and O–H groups in total. The third kappa shape index (κ3) is 2.98. The Morgan fingerprint density at radius 2 is 2.07 bits per heavy atom.